The summed E-state index contributed by atoms with van der Waals surface area (Å²) >= 11 is 6.07. The van der Waals surface area contributed by atoms with Crippen LogP contribution in [0.1, 0.15) is 22.8 Å². The Kier molecular flexibility index (Phi) is 6.48. The van der Waals surface area contributed by atoms with Crippen LogP contribution in [0.25, 0.3) is 0 Å². The quantitative estimate of drug-likeness (QED) is 0.859. The van der Waals surface area contributed by atoms with Crippen LogP contribution in [0.15, 0.2) is 48.5 Å². The van der Waals surface area contributed by atoms with Gasteiger partial charge in [-0.05, 0) is 36.2 Å². The molecule has 6 heteroatoms. The number of hydrogen-bond acceptors (Lipinski definition) is 3. The van der Waals surface area contributed by atoms with Crippen LogP contribution in [0.4, 0.5) is 5.69 Å². The van der Waals surface area contributed by atoms with Gasteiger partial charge in [-0.2, -0.15) is 0 Å². The highest BCUT2D eigenvalue weighted by Crippen LogP contribution is 2.20. The monoisotopic (exact) mass is 385 g/mol. The lowest BCUT2D eigenvalue weighted by molar-refractivity contribution is -0.117. The molecule has 3 rings (SSSR count). The number of halogens is 1. The van der Waals surface area contributed by atoms with E-state index >= 15 is 0 Å². The molecular weight excluding hydrogens is 362 g/mol. The highest BCUT2D eigenvalue weighted by molar-refractivity contribution is 6.33. The summed E-state index contributed by atoms with van der Waals surface area (Å²) in [5.74, 6) is -0.0455. The maximum atomic E-state index is 12.6. The topological polar surface area (TPSA) is 52.7 Å². The number of hydrogen-bond donors (Lipinski definition) is 1. The summed E-state index contributed by atoms with van der Waals surface area (Å²) < 4.78 is 0. The number of piperazine rings is 1. The van der Waals surface area contributed by atoms with Gasteiger partial charge in [0.2, 0.25) is 5.91 Å². The standard InChI is InChI=1S/C21H24ClN3O2/c1-2-16-7-9-17(10-8-16)21(27)25-13-11-24(12-14-25)15-20(26)23-19-6-4-3-5-18(19)22/h3-10H,2,11-15H2,1H3,(H,23,26). The van der Waals surface area contributed by atoms with E-state index in [1.807, 2.05) is 41.3 Å². The highest BCUT2D eigenvalue weighted by atomic mass is 35.5. The predicted molar refractivity (Wildman–Crippen MR) is 108 cm³/mol. The lowest BCUT2D eigenvalue weighted by Gasteiger charge is -2.34. The number of rotatable bonds is 5. The first kappa shape index (κ1) is 19.4. The number of aryl methyl sites for hydroxylation is 1. The summed E-state index contributed by atoms with van der Waals surface area (Å²) in [5.41, 5.74) is 2.56. The van der Waals surface area contributed by atoms with Crippen molar-refractivity contribution in [3.8, 4) is 0 Å². The predicted octanol–water partition coefficient (Wildman–Crippen LogP) is 3.30. The Bertz CT molecular complexity index is 799. The van der Waals surface area contributed by atoms with E-state index in [9.17, 15) is 9.59 Å². The van der Waals surface area contributed by atoms with Crippen molar-refractivity contribution in [2.45, 2.75) is 13.3 Å². The third-order valence-corrected chi connectivity index (χ3v) is 5.11. The fraction of sp³-hybridized carbons (Fsp3) is 0.333. The number of nitrogens with zero attached hydrogens (tertiary/aromatic N) is 2. The van der Waals surface area contributed by atoms with Crippen molar-refractivity contribution >= 4 is 29.1 Å². The highest BCUT2D eigenvalue weighted by Gasteiger charge is 2.23. The van der Waals surface area contributed by atoms with Gasteiger partial charge in [0.05, 0.1) is 17.3 Å². The molecule has 0 aliphatic carbocycles. The number of carbonyl (C=O) groups is 2. The van der Waals surface area contributed by atoms with Gasteiger partial charge in [-0.25, -0.2) is 0 Å². The average Bonchev–Trinajstić information content (AvgIpc) is 2.70. The number of benzene rings is 2. The fourth-order valence-corrected chi connectivity index (χ4v) is 3.31. The first-order chi connectivity index (χ1) is 13.1. The summed E-state index contributed by atoms with van der Waals surface area (Å²) in [6.07, 6.45) is 0.962. The third kappa shape index (κ3) is 5.08. The van der Waals surface area contributed by atoms with Gasteiger partial charge in [0.25, 0.3) is 5.91 Å². The van der Waals surface area contributed by atoms with Gasteiger partial charge in [0.15, 0.2) is 0 Å². The van der Waals surface area contributed by atoms with E-state index < -0.39 is 0 Å². The minimum atomic E-state index is -0.0990. The molecule has 0 atom stereocenters. The molecule has 1 aliphatic heterocycles. The van der Waals surface area contributed by atoms with Crippen LogP contribution in [0, 0.1) is 0 Å². The molecule has 27 heavy (non-hydrogen) atoms. The van der Waals surface area contributed by atoms with Crippen LogP contribution in [0.3, 0.4) is 0 Å². The van der Waals surface area contributed by atoms with Crippen molar-refractivity contribution in [1.29, 1.82) is 0 Å². The third-order valence-electron chi connectivity index (χ3n) is 4.78. The van der Waals surface area contributed by atoms with Gasteiger partial charge >= 0.3 is 0 Å². The molecule has 1 aliphatic rings. The molecule has 2 amide bonds. The van der Waals surface area contributed by atoms with E-state index in [1.165, 1.54) is 5.56 Å². The first-order valence-corrected chi connectivity index (χ1v) is 9.59. The molecule has 2 aromatic rings. The molecule has 5 nitrogen and oxygen atoms in total. The minimum absolute atomic E-state index is 0.0535. The Morgan fingerprint density at radius 1 is 1.00 bits per heavy atom. The number of para-hydroxylation sites is 1. The normalized spacial score (nSPS) is 14.8. The fourth-order valence-electron chi connectivity index (χ4n) is 3.13. The van der Waals surface area contributed by atoms with Gasteiger partial charge in [-0.3, -0.25) is 14.5 Å². The second-order valence-corrected chi connectivity index (χ2v) is 7.05. The molecule has 0 bridgehead atoms. The molecule has 1 heterocycles. The molecule has 0 aromatic heterocycles. The molecule has 1 saturated heterocycles. The van der Waals surface area contributed by atoms with Crippen molar-refractivity contribution in [2.75, 3.05) is 38.0 Å². The van der Waals surface area contributed by atoms with E-state index in [0.29, 0.717) is 43.4 Å². The lowest BCUT2D eigenvalue weighted by Crippen LogP contribution is -2.50. The summed E-state index contributed by atoms with van der Waals surface area (Å²) in [6, 6.07) is 15.0. The summed E-state index contributed by atoms with van der Waals surface area (Å²) in [7, 11) is 0. The van der Waals surface area contributed by atoms with Crippen molar-refractivity contribution in [2.24, 2.45) is 0 Å². The Morgan fingerprint density at radius 3 is 2.30 bits per heavy atom. The zero-order valence-corrected chi connectivity index (χ0v) is 16.2. The minimum Gasteiger partial charge on any atom is -0.336 e. The molecule has 0 unspecified atom stereocenters. The SMILES string of the molecule is CCc1ccc(C(=O)N2CCN(CC(=O)Nc3ccccc3Cl)CC2)cc1. The Hall–Kier alpha value is -2.37. The average molecular weight is 386 g/mol. The van der Waals surface area contributed by atoms with Crippen molar-refractivity contribution < 1.29 is 9.59 Å². The summed E-state index contributed by atoms with van der Waals surface area (Å²) in [4.78, 5) is 28.8. The zero-order valence-electron chi connectivity index (χ0n) is 15.5. The molecular formula is C21H24ClN3O2. The molecule has 1 fully saturated rings. The van der Waals surface area contributed by atoms with E-state index in [4.69, 9.17) is 11.6 Å². The van der Waals surface area contributed by atoms with Gasteiger partial charge in [-0.15, -0.1) is 0 Å². The van der Waals surface area contributed by atoms with Crippen molar-refractivity contribution in [3.05, 3.63) is 64.7 Å². The Balaban J connectivity index is 1.48. The second-order valence-electron chi connectivity index (χ2n) is 6.65. The van der Waals surface area contributed by atoms with E-state index in [0.717, 1.165) is 12.0 Å². The number of anilines is 1. The Morgan fingerprint density at radius 2 is 1.67 bits per heavy atom. The van der Waals surface area contributed by atoms with Gasteiger partial charge in [0, 0.05) is 31.7 Å². The van der Waals surface area contributed by atoms with Crippen LogP contribution < -0.4 is 5.32 Å². The first-order valence-electron chi connectivity index (χ1n) is 9.21. The molecule has 0 radical (unpaired) electrons. The maximum Gasteiger partial charge on any atom is 0.253 e. The molecule has 1 N–H and O–H groups in total. The van der Waals surface area contributed by atoms with Gasteiger partial charge in [0.1, 0.15) is 0 Å². The largest absolute Gasteiger partial charge is 0.336 e. The van der Waals surface area contributed by atoms with Crippen molar-refractivity contribution in [1.82, 2.24) is 9.80 Å². The molecule has 142 valence electrons. The zero-order chi connectivity index (χ0) is 19.2. The lowest BCUT2D eigenvalue weighted by atomic mass is 10.1. The van der Waals surface area contributed by atoms with E-state index in [2.05, 4.69) is 17.1 Å². The number of amides is 2. The van der Waals surface area contributed by atoms with Crippen LogP contribution in [0.2, 0.25) is 5.02 Å². The number of carbonyl (C=O) groups excluding carboxylic acids is 2. The van der Waals surface area contributed by atoms with Crippen LogP contribution in [0.5, 0.6) is 0 Å². The summed E-state index contributed by atoms with van der Waals surface area (Å²) in [6.45, 7) is 4.97. The van der Waals surface area contributed by atoms with Crippen LogP contribution in [-0.2, 0) is 11.2 Å². The van der Waals surface area contributed by atoms with Crippen LogP contribution in [-0.4, -0.2) is 54.3 Å². The second kappa shape index (κ2) is 9.02. The van der Waals surface area contributed by atoms with Gasteiger partial charge in [-0.1, -0.05) is 42.8 Å². The Labute approximate surface area is 164 Å². The number of nitrogens with one attached hydrogen (secondary N) is 1. The van der Waals surface area contributed by atoms with Gasteiger partial charge < -0.3 is 10.2 Å². The summed E-state index contributed by atoms with van der Waals surface area (Å²) in [5, 5.41) is 3.36. The van der Waals surface area contributed by atoms with E-state index in [-0.39, 0.29) is 11.8 Å². The maximum absolute atomic E-state index is 12.6. The van der Waals surface area contributed by atoms with E-state index in [1.54, 1.807) is 12.1 Å². The van der Waals surface area contributed by atoms with Crippen LogP contribution >= 0.6 is 11.6 Å². The molecule has 0 saturated carbocycles. The smallest absolute Gasteiger partial charge is 0.253 e. The molecule has 0 spiro atoms. The van der Waals surface area contributed by atoms with Crippen molar-refractivity contribution in [3.63, 3.8) is 0 Å². The molecule has 2 aromatic carbocycles.